The van der Waals surface area contributed by atoms with Crippen molar-refractivity contribution in [1.82, 2.24) is 0 Å². The summed E-state index contributed by atoms with van der Waals surface area (Å²) in [6, 6.07) is 1.75. The zero-order valence-electron chi connectivity index (χ0n) is 3.66. The summed E-state index contributed by atoms with van der Waals surface area (Å²) in [5.41, 5.74) is 0. The Balaban J connectivity index is 0. The molecule has 0 aliphatic carbocycles. The predicted molar refractivity (Wildman–Crippen MR) is 24.7 cm³/mol. The summed E-state index contributed by atoms with van der Waals surface area (Å²) in [7, 11) is 0. The zero-order valence-corrected chi connectivity index (χ0v) is 4.47. The molecule has 0 amide bonds. The molecule has 0 aromatic rings. The van der Waals surface area contributed by atoms with Gasteiger partial charge in [-0.1, -0.05) is 0 Å². The largest absolute Gasteiger partial charge is 0.299 e. The number of hydrogen-bond acceptors (Lipinski definition) is 2. The molecule has 0 aromatic heterocycles. The van der Waals surface area contributed by atoms with E-state index in [1.54, 1.807) is 6.07 Å². The molecule has 0 unspecified atom stereocenters. The molecule has 0 radical (unpaired) electrons. The molecule has 0 aromatic carbocycles. The van der Waals surface area contributed by atoms with Gasteiger partial charge < -0.3 is 0 Å². The highest BCUT2D eigenvalue weighted by Crippen LogP contribution is 1.44. The van der Waals surface area contributed by atoms with Gasteiger partial charge in [-0.15, -0.1) is 0 Å². The van der Waals surface area contributed by atoms with Crippen molar-refractivity contribution in [3.8, 4) is 6.07 Å². The molecule has 0 rings (SSSR count). The lowest BCUT2D eigenvalue weighted by Gasteiger charge is -1.59. The van der Waals surface area contributed by atoms with Crippen molar-refractivity contribution in [2.24, 2.45) is 0 Å². The van der Waals surface area contributed by atoms with Gasteiger partial charge in [0.15, 0.2) is 0 Å². The molecule has 0 atom stereocenters. The molecule has 42 valence electrons. The maximum Gasteiger partial charge on any atom is 0.299 e. The van der Waals surface area contributed by atoms with Crippen LogP contribution in [0.1, 0.15) is 6.92 Å². The van der Waals surface area contributed by atoms with Crippen molar-refractivity contribution in [3.63, 3.8) is 0 Å². The Hall–Kier alpha value is -0.440. The molecule has 0 heterocycles. The summed E-state index contributed by atoms with van der Waals surface area (Å²) >= 11 is -2.61. The normalized spacial score (nSPS) is 6.14. The van der Waals surface area contributed by atoms with Crippen molar-refractivity contribution in [2.75, 3.05) is 0 Å². The lowest BCUT2D eigenvalue weighted by molar-refractivity contribution is 0.454. The molecular formula is C2H5NO3S. The predicted octanol–water partition coefficient (Wildman–Crippen LogP) is 0.211. The number of rotatable bonds is 0. The molecule has 0 bridgehead atoms. The minimum atomic E-state index is -2.61. The average molecular weight is 123 g/mol. The summed E-state index contributed by atoms with van der Waals surface area (Å²) in [6.07, 6.45) is 0. The first-order valence-electron chi connectivity index (χ1n) is 1.26. The van der Waals surface area contributed by atoms with Crippen LogP contribution in [0.25, 0.3) is 0 Å². The highest BCUT2D eigenvalue weighted by Gasteiger charge is 1.62. The minimum absolute atomic E-state index is 1.43. The van der Waals surface area contributed by atoms with Gasteiger partial charge in [-0.05, 0) is 0 Å². The van der Waals surface area contributed by atoms with Gasteiger partial charge in [0, 0.05) is 6.92 Å². The molecule has 0 aliphatic rings. The molecule has 0 fully saturated rings. The highest BCUT2D eigenvalue weighted by molar-refractivity contribution is 7.73. The van der Waals surface area contributed by atoms with Gasteiger partial charge >= 0.3 is 0 Å². The average Bonchev–Trinajstić information content (AvgIpc) is 1.33. The number of hydrogen-bond donors (Lipinski definition) is 2. The van der Waals surface area contributed by atoms with Crippen LogP contribution in [0.2, 0.25) is 0 Å². The number of nitriles is 1. The third-order valence-corrected chi connectivity index (χ3v) is 0. The first-order valence-corrected chi connectivity index (χ1v) is 2.32. The van der Waals surface area contributed by atoms with E-state index in [2.05, 4.69) is 0 Å². The van der Waals surface area contributed by atoms with E-state index in [1.807, 2.05) is 0 Å². The summed E-state index contributed by atoms with van der Waals surface area (Å²) in [5, 5.41) is 7.32. The third kappa shape index (κ3) is 364. The molecule has 7 heavy (non-hydrogen) atoms. The van der Waals surface area contributed by atoms with E-state index < -0.39 is 11.4 Å². The van der Waals surface area contributed by atoms with Gasteiger partial charge in [0.1, 0.15) is 0 Å². The van der Waals surface area contributed by atoms with Gasteiger partial charge in [0.05, 0.1) is 6.07 Å². The van der Waals surface area contributed by atoms with Crippen LogP contribution in [0.3, 0.4) is 0 Å². The van der Waals surface area contributed by atoms with Crippen LogP contribution in [-0.2, 0) is 11.4 Å². The van der Waals surface area contributed by atoms with Crippen molar-refractivity contribution in [2.45, 2.75) is 6.92 Å². The quantitative estimate of drug-likeness (QED) is 0.451. The number of nitrogens with zero attached hydrogens (tertiary/aromatic N) is 1. The molecular weight excluding hydrogens is 118 g/mol. The van der Waals surface area contributed by atoms with Crippen LogP contribution in [0.5, 0.6) is 0 Å². The second-order valence-corrected chi connectivity index (χ2v) is 0.916. The molecule has 0 spiro atoms. The van der Waals surface area contributed by atoms with E-state index in [1.165, 1.54) is 6.92 Å². The maximum atomic E-state index is 8.67. The van der Waals surface area contributed by atoms with Crippen LogP contribution in [0.4, 0.5) is 0 Å². The van der Waals surface area contributed by atoms with E-state index in [0.29, 0.717) is 0 Å². The standard InChI is InChI=1S/C2H3N.H2O3S/c1-2-3;1-4(2)3/h1H3;(H2,1,2,3). The molecule has 0 saturated heterocycles. The Bertz CT molecular complexity index is 81.4. The van der Waals surface area contributed by atoms with Crippen molar-refractivity contribution in [1.29, 1.82) is 5.26 Å². The van der Waals surface area contributed by atoms with Crippen LogP contribution >= 0.6 is 0 Å². The van der Waals surface area contributed by atoms with Crippen LogP contribution in [0, 0.1) is 11.3 Å². The van der Waals surface area contributed by atoms with E-state index in [-0.39, 0.29) is 0 Å². The van der Waals surface area contributed by atoms with E-state index in [0.717, 1.165) is 0 Å². The van der Waals surface area contributed by atoms with E-state index in [4.69, 9.17) is 18.6 Å². The lowest BCUT2D eigenvalue weighted by Crippen LogP contribution is -1.74. The van der Waals surface area contributed by atoms with Crippen LogP contribution in [0.15, 0.2) is 0 Å². The van der Waals surface area contributed by atoms with E-state index >= 15 is 0 Å². The SMILES string of the molecule is CC#N.O=S(O)O. The summed E-state index contributed by atoms with van der Waals surface area (Å²) < 4.78 is 22.8. The molecule has 4 nitrogen and oxygen atoms in total. The van der Waals surface area contributed by atoms with Gasteiger partial charge in [-0.25, -0.2) is 0 Å². The first kappa shape index (κ1) is 9.75. The van der Waals surface area contributed by atoms with Gasteiger partial charge in [0.25, 0.3) is 11.4 Å². The topological polar surface area (TPSA) is 81.3 Å². The van der Waals surface area contributed by atoms with Crippen LogP contribution in [-0.4, -0.2) is 13.3 Å². The minimum Gasteiger partial charge on any atom is -0.284 e. The third-order valence-electron chi connectivity index (χ3n) is 0. The fraction of sp³-hybridized carbons (Fsp3) is 0.500. The summed E-state index contributed by atoms with van der Waals surface area (Å²) in [5.74, 6) is 0. The first-order chi connectivity index (χ1) is 3.15. The van der Waals surface area contributed by atoms with Gasteiger partial charge in [-0.3, -0.25) is 9.11 Å². The molecule has 2 N–H and O–H groups in total. The fourth-order valence-corrected chi connectivity index (χ4v) is 0. The smallest absolute Gasteiger partial charge is 0.284 e. The summed E-state index contributed by atoms with van der Waals surface area (Å²) in [6.45, 7) is 1.43. The van der Waals surface area contributed by atoms with Crippen molar-refractivity contribution >= 4 is 11.4 Å². The van der Waals surface area contributed by atoms with E-state index in [9.17, 15) is 0 Å². The second kappa shape index (κ2) is 9.12. The van der Waals surface area contributed by atoms with Crippen molar-refractivity contribution in [3.05, 3.63) is 0 Å². The van der Waals surface area contributed by atoms with Gasteiger partial charge in [-0.2, -0.15) is 9.47 Å². The molecule has 0 saturated carbocycles. The molecule has 0 aliphatic heterocycles. The Labute approximate surface area is 43.9 Å². The maximum absolute atomic E-state index is 8.67. The fourth-order valence-electron chi connectivity index (χ4n) is 0. The highest BCUT2D eigenvalue weighted by atomic mass is 32.2. The van der Waals surface area contributed by atoms with Crippen molar-refractivity contribution < 1.29 is 13.3 Å². The van der Waals surface area contributed by atoms with Crippen LogP contribution < -0.4 is 0 Å². The lowest BCUT2D eigenvalue weighted by atomic mass is 11.0. The summed E-state index contributed by atoms with van der Waals surface area (Å²) in [4.78, 5) is 0. The monoisotopic (exact) mass is 123 g/mol. The van der Waals surface area contributed by atoms with Gasteiger partial charge in [0.2, 0.25) is 0 Å². The zero-order chi connectivity index (χ0) is 6.28. The Morgan fingerprint density at radius 2 is 1.71 bits per heavy atom. The molecule has 5 heteroatoms. The Morgan fingerprint density at radius 3 is 1.71 bits per heavy atom. The Kier molecular flexibility index (Phi) is 12.7. The second-order valence-electron chi connectivity index (χ2n) is 0.454. The Morgan fingerprint density at radius 1 is 1.71 bits per heavy atom.